The SMILES string of the molecule is CC(=O)OCC1=CC(=O)[C@@H]([C@H](C)CCC=C(C)C)CC1. The van der Waals surface area contributed by atoms with E-state index >= 15 is 0 Å². The first kappa shape index (κ1) is 16.7. The van der Waals surface area contributed by atoms with Crippen LogP contribution < -0.4 is 0 Å². The number of esters is 1. The maximum Gasteiger partial charge on any atom is 0.302 e. The van der Waals surface area contributed by atoms with E-state index in [9.17, 15) is 9.59 Å². The zero-order valence-electron chi connectivity index (χ0n) is 13.1. The summed E-state index contributed by atoms with van der Waals surface area (Å²) in [5, 5.41) is 0. The molecule has 112 valence electrons. The molecule has 3 heteroatoms. The summed E-state index contributed by atoms with van der Waals surface area (Å²) in [7, 11) is 0. The highest BCUT2D eigenvalue weighted by molar-refractivity contribution is 5.93. The fourth-order valence-electron chi connectivity index (χ4n) is 2.57. The average molecular weight is 278 g/mol. The minimum atomic E-state index is -0.296. The number of carbonyl (C=O) groups excluding carboxylic acids is 2. The fourth-order valence-corrected chi connectivity index (χ4v) is 2.57. The van der Waals surface area contributed by atoms with Gasteiger partial charge in [-0.05, 0) is 57.1 Å². The summed E-state index contributed by atoms with van der Waals surface area (Å²) in [6.45, 7) is 8.01. The Morgan fingerprint density at radius 1 is 1.45 bits per heavy atom. The Morgan fingerprint density at radius 3 is 2.70 bits per heavy atom. The molecule has 0 unspecified atom stereocenters. The molecular weight excluding hydrogens is 252 g/mol. The summed E-state index contributed by atoms with van der Waals surface area (Å²) < 4.78 is 4.95. The van der Waals surface area contributed by atoms with Crippen molar-refractivity contribution in [3.05, 3.63) is 23.3 Å². The number of hydrogen-bond donors (Lipinski definition) is 0. The fraction of sp³-hybridized carbons (Fsp3) is 0.647. The summed E-state index contributed by atoms with van der Waals surface area (Å²) >= 11 is 0. The van der Waals surface area contributed by atoms with Crippen LogP contribution in [0.15, 0.2) is 23.3 Å². The van der Waals surface area contributed by atoms with Gasteiger partial charge in [0.1, 0.15) is 6.61 Å². The second-order valence-electron chi connectivity index (χ2n) is 5.97. The van der Waals surface area contributed by atoms with Crippen molar-refractivity contribution in [2.45, 2.75) is 53.4 Å². The Balaban J connectivity index is 2.48. The Morgan fingerprint density at radius 2 is 2.15 bits per heavy atom. The molecule has 0 N–H and O–H groups in total. The van der Waals surface area contributed by atoms with Crippen molar-refractivity contribution in [1.82, 2.24) is 0 Å². The monoisotopic (exact) mass is 278 g/mol. The molecule has 2 atom stereocenters. The molecule has 0 fully saturated rings. The highest BCUT2D eigenvalue weighted by Crippen LogP contribution is 2.29. The summed E-state index contributed by atoms with van der Waals surface area (Å²) in [5.74, 6) is 0.435. The van der Waals surface area contributed by atoms with Crippen molar-refractivity contribution >= 4 is 11.8 Å². The van der Waals surface area contributed by atoms with Crippen molar-refractivity contribution in [1.29, 1.82) is 0 Å². The van der Waals surface area contributed by atoms with Crippen molar-refractivity contribution in [3.8, 4) is 0 Å². The predicted octanol–water partition coefficient (Wildman–Crippen LogP) is 3.84. The van der Waals surface area contributed by atoms with Crippen molar-refractivity contribution in [2.24, 2.45) is 11.8 Å². The molecule has 0 aromatic rings. The second-order valence-corrected chi connectivity index (χ2v) is 5.97. The Labute approximate surface area is 122 Å². The van der Waals surface area contributed by atoms with Crippen LogP contribution in [0.3, 0.4) is 0 Å². The van der Waals surface area contributed by atoms with Crippen LogP contribution in [-0.2, 0) is 14.3 Å². The lowest BCUT2D eigenvalue weighted by Gasteiger charge is -2.25. The molecule has 0 radical (unpaired) electrons. The summed E-state index contributed by atoms with van der Waals surface area (Å²) in [4.78, 5) is 22.9. The third-order valence-corrected chi connectivity index (χ3v) is 3.81. The lowest BCUT2D eigenvalue weighted by molar-refractivity contribution is -0.140. The van der Waals surface area contributed by atoms with Crippen LogP contribution in [0.25, 0.3) is 0 Å². The third kappa shape index (κ3) is 5.72. The van der Waals surface area contributed by atoms with Gasteiger partial charge in [0.25, 0.3) is 0 Å². The number of hydrogen-bond acceptors (Lipinski definition) is 3. The van der Waals surface area contributed by atoms with Gasteiger partial charge in [-0.3, -0.25) is 9.59 Å². The normalized spacial score (nSPS) is 20.1. The molecule has 0 saturated carbocycles. The van der Waals surface area contributed by atoms with E-state index in [1.54, 1.807) is 6.08 Å². The van der Waals surface area contributed by atoms with Crippen LogP contribution in [0.5, 0.6) is 0 Å². The summed E-state index contributed by atoms with van der Waals surface area (Å²) in [5.41, 5.74) is 2.27. The van der Waals surface area contributed by atoms with E-state index in [2.05, 4.69) is 26.8 Å². The van der Waals surface area contributed by atoms with E-state index in [-0.39, 0.29) is 24.3 Å². The van der Waals surface area contributed by atoms with Gasteiger partial charge in [-0.25, -0.2) is 0 Å². The summed E-state index contributed by atoms with van der Waals surface area (Å²) in [6.07, 6.45) is 7.74. The lowest BCUT2D eigenvalue weighted by Crippen LogP contribution is -2.25. The van der Waals surface area contributed by atoms with Crippen LogP contribution in [0.1, 0.15) is 53.4 Å². The minimum absolute atomic E-state index is 0.127. The summed E-state index contributed by atoms with van der Waals surface area (Å²) in [6, 6.07) is 0. The molecule has 0 heterocycles. The van der Waals surface area contributed by atoms with Gasteiger partial charge < -0.3 is 4.74 Å². The Bertz CT molecular complexity index is 414. The van der Waals surface area contributed by atoms with Crippen molar-refractivity contribution in [2.75, 3.05) is 6.61 Å². The van der Waals surface area contributed by atoms with E-state index in [0.29, 0.717) is 5.92 Å². The number of carbonyl (C=O) groups is 2. The van der Waals surface area contributed by atoms with Crippen molar-refractivity contribution in [3.63, 3.8) is 0 Å². The Hall–Kier alpha value is -1.38. The van der Waals surface area contributed by atoms with Crippen LogP contribution in [0.2, 0.25) is 0 Å². The molecular formula is C17H26O3. The average Bonchev–Trinajstić information content (AvgIpc) is 2.35. The van der Waals surface area contributed by atoms with Crippen LogP contribution in [0, 0.1) is 11.8 Å². The quantitative estimate of drug-likeness (QED) is 0.547. The van der Waals surface area contributed by atoms with Gasteiger partial charge in [0.05, 0.1) is 0 Å². The topological polar surface area (TPSA) is 43.4 Å². The standard InChI is InChI=1S/C17H26O3/c1-12(2)6-5-7-13(3)16-9-8-15(10-17(16)19)11-20-14(4)18/h6,10,13,16H,5,7-9,11H2,1-4H3/t13-,16-/m1/s1. The molecule has 0 amide bonds. The predicted molar refractivity (Wildman–Crippen MR) is 80.3 cm³/mol. The number of ether oxygens (including phenoxy) is 1. The van der Waals surface area contributed by atoms with Gasteiger partial charge in [0.2, 0.25) is 0 Å². The first-order chi connectivity index (χ1) is 9.40. The largest absolute Gasteiger partial charge is 0.461 e. The number of ketones is 1. The van der Waals surface area contributed by atoms with Gasteiger partial charge >= 0.3 is 5.97 Å². The molecule has 1 aliphatic rings. The molecule has 3 nitrogen and oxygen atoms in total. The number of rotatable bonds is 6. The van der Waals surface area contributed by atoms with Gasteiger partial charge in [0, 0.05) is 12.8 Å². The molecule has 20 heavy (non-hydrogen) atoms. The van der Waals surface area contributed by atoms with E-state index < -0.39 is 0 Å². The molecule has 1 aliphatic carbocycles. The molecule has 0 aromatic carbocycles. The smallest absolute Gasteiger partial charge is 0.302 e. The zero-order chi connectivity index (χ0) is 15.1. The molecule has 0 aromatic heterocycles. The first-order valence-corrected chi connectivity index (χ1v) is 7.40. The molecule has 0 bridgehead atoms. The van der Waals surface area contributed by atoms with E-state index in [4.69, 9.17) is 4.74 Å². The third-order valence-electron chi connectivity index (χ3n) is 3.81. The highest BCUT2D eigenvalue weighted by atomic mass is 16.5. The molecule has 0 spiro atoms. The van der Waals surface area contributed by atoms with Gasteiger partial charge in [-0.15, -0.1) is 0 Å². The van der Waals surface area contributed by atoms with Crippen LogP contribution >= 0.6 is 0 Å². The van der Waals surface area contributed by atoms with Crippen LogP contribution in [0.4, 0.5) is 0 Å². The maximum absolute atomic E-state index is 12.2. The highest BCUT2D eigenvalue weighted by Gasteiger charge is 2.27. The molecule has 0 aliphatic heterocycles. The second kappa shape index (κ2) is 8.03. The van der Waals surface area contributed by atoms with Gasteiger partial charge in [0.15, 0.2) is 5.78 Å². The first-order valence-electron chi connectivity index (χ1n) is 7.40. The minimum Gasteiger partial charge on any atom is -0.461 e. The lowest BCUT2D eigenvalue weighted by atomic mass is 9.79. The van der Waals surface area contributed by atoms with E-state index in [1.807, 2.05) is 0 Å². The van der Waals surface area contributed by atoms with Gasteiger partial charge in [-0.1, -0.05) is 18.6 Å². The van der Waals surface area contributed by atoms with Gasteiger partial charge in [-0.2, -0.15) is 0 Å². The Kier molecular flexibility index (Phi) is 6.69. The van der Waals surface area contributed by atoms with E-state index in [0.717, 1.165) is 31.3 Å². The molecule has 1 rings (SSSR count). The van der Waals surface area contributed by atoms with Crippen molar-refractivity contribution < 1.29 is 14.3 Å². The van der Waals surface area contributed by atoms with Crippen LogP contribution in [-0.4, -0.2) is 18.4 Å². The molecule has 0 saturated heterocycles. The number of allylic oxidation sites excluding steroid dienone is 3. The maximum atomic E-state index is 12.2. The van der Waals surface area contributed by atoms with E-state index in [1.165, 1.54) is 12.5 Å². The zero-order valence-corrected chi connectivity index (χ0v) is 13.1.